The Kier molecular flexibility index (Phi) is 3.36. The number of hydrogen-bond donors (Lipinski definition) is 2. The second kappa shape index (κ2) is 4.88. The molecule has 7 heteroatoms. The summed E-state index contributed by atoms with van der Waals surface area (Å²) in [5.74, 6) is 0. The van der Waals surface area contributed by atoms with E-state index in [1.807, 2.05) is 0 Å². The van der Waals surface area contributed by atoms with Crippen LogP contribution in [0.15, 0.2) is 17.6 Å². The van der Waals surface area contributed by atoms with E-state index >= 15 is 0 Å². The van der Waals surface area contributed by atoms with Gasteiger partial charge in [-0.3, -0.25) is 0 Å². The van der Waals surface area contributed by atoms with Crippen LogP contribution in [0.2, 0.25) is 0 Å². The topological polar surface area (TPSA) is 78.1 Å². The fourth-order valence-corrected chi connectivity index (χ4v) is 4.76. The summed E-state index contributed by atoms with van der Waals surface area (Å²) in [4.78, 5) is 6.52. The summed E-state index contributed by atoms with van der Waals surface area (Å²) in [5, 5.41) is 3.61. The minimum Gasteiger partial charge on any atom is -0.335 e. The summed E-state index contributed by atoms with van der Waals surface area (Å²) in [6.45, 7) is 3.22. The van der Waals surface area contributed by atoms with Crippen molar-refractivity contribution >= 4 is 10.0 Å². The van der Waals surface area contributed by atoms with Crippen molar-refractivity contribution in [3.63, 3.8) is 0 Å². The zero-order valence-electron chi connectivity index (χ0n) is 10.9. The van der Waals surface area contributed by atoms with E-state index in [-0.39, 0.29) is 10.4 Å². The Hall–Kier alpha value is -0.920. The van der Waals surface area contributed by atoms with E-state index in [2.05, 4.69) is 15.3 Å². The van der Waals surface area contributed by atoms with E-state index in [1.165, 1.54) is 12.5 Å². The Labute approximate surface area is 113 Å². The molecule has 2 fully saturated rings. The van der Waals surface area contributed by atoms with Crippen LogP contribution in [-0.4, -0.2) is 48.9 Å². The lowest BCUT2D eigenvalue weighted by molar-refractivity contribution is 0.110. The van der Waals surface area contributed by atoms with Gasteiger partial charge in [-0.2, -0.15) is 4.31 Å². The van der Waals surface area contributed by atoms with Crippen LogP contribution in [-0.2, 0) is 10.0 Å². The van der Waals surface area contributed by atoms with Crippen LogP contribution < -0.4 is 5.32 Å². The first-order chi connectivity index (χ1) is 9.12. The normalized spacial score (nSPS) is 29.7. The van der Waals surface area contributed by atoms with E-state index in [0.29, 0.717) is 13.1 Å². The second-order valence-corrected chi connectivity index (χ2v) is 7.54. The Bertz CT molecular complexity index is 514. The quantitative estimate of drug-likeness (QED) is 0.832. The maximum absolute atomic E-state index is 12.5. The first-order valence-electron chi connectivity index (χ1n) is 6.82. The maximum Gasteiger partial charge on any atom is 0.260 e. The van der Waals surface area contributed by atoms with Crippen molar-refractivity contribution < 1.29 is 8.42 Å². The molecule has 0 radical (unpaired) electrons. The highest BCUT2D eigenvalue weighted by Crippen LogP contribution is 2.37. The summed E-state index contributed by atoms with van der Waals surface area (Å²) < 4.78 is 26.6. The van der Waals surface area contributed by atoms with Gasteiger partial charge in [-0.15, -0.1) is 0 Å². The van der Waals surface area contributed by atoms with Crippen LogP contribution in [0.1, 0.15) is 25.7 Å². The number of hydrogen-bond acceptors (Lipinski definition) is 4. The molecule has 19 heavy (non-hydrogen) atoms. The molecular formula is C12H20N4O2S. The van der Waals surface area contributed by atoms with Crippen LogP contribution in [0.3, 0.4) is 0 Å². The molecule has 1 atom stereocenters. The van der Waals surface area contributed by atoms with Gasteiger partial charge in [-0.05, 0) is 37.6 Å². The predicted octanol–water partition coefficient (Wildman–Crippen LogP) is 0.564. The smallest absolute Gasteiger partial charge is 0.260 e. The number of imidazole rings is 1. The number of aromatic nitrogens is 2. The van der Waals surface area contributed by atoms with E-state index in [9.17, 15) is 8.42 Å². The molecule has 6 nitrogen and oxygen atoms in total. The number of sulfonamides is 1. The van der Waals surface area contributed by atoms with Gasteiger partial charge in [0.2, 0.25) is 0 Å². The molecule has 3 heterocycles. The maximum atomic E-state index is 12.5. The average Bonchev–Trinajstić information content (AvgIpc) is 2.94. The molecule has 0 saturated carbocycles. The molecule has 1 spiro atoms. The average molecular weight is 284 g/mol. The van der Waals surface area contributed by atoms with Crippen molar-refractivity contribution in [3.05, 3.63) is 12.5 Å². The van der Waals surface area contributed by atoms with Gasteiger partial charge in [-0.25, -0.2) is 13.4 Å². The first-order valence-corrected chi connectivity index (χ1v) is 8.26. The monoisotopic (exact) mass is 284 g/mol. The molecule has 1 unspecified atom stereocenters. The van der Waals surface area contributed by atoms with Gasteiger partial charge in [0.25, 0.3) is 10.0 Å². The van der Waals surface area contributed by atoms with Crippen LogP contribution in [0.4, 0.5) is 0 Å². The summed E-state index contributed by atoms with van der Waals surface area (Å²) in [7, 11) is -3.41. The van der Waals surface area contributed by atoms with E-state index in [0.717, 1.165) is 38.8 Å². The molecule has 2 N–H and O–H groups in total. The molecule has 2 aliphatic heterocycles. The molecular weight excluding hydrogens is 264 g/mol. The Balaban J connectivity index is 1.82. The molecule has 1 aromatic rings. The SMILES string of the molecule is O=S(=O)(c1cnc[nH]1)N1CCCC2(CCCNC2)C1. The van der Waals surface area contributed by atoms with Crippen molar-refractivity contribution in [2.45, 2.75) is 30.7 Å². The Morgan fingerprint density at radius 1 is 1.32 bits per heavy atom. The number of H-pyrrole nitrogens is 1. The molecule has 1 aromatic heterocycles. The standard InChI is InChI=1S/C12H20N4O2S/c17-19(18,11-7-14-10-15-11)16-6-2-4-12(9-16)3-1-5-13-8-12/h7,10,13H,1-6,8-9H2,(H,14,15). The van der Waals surface area contributed by atoms with E-state index < -0.39 is 10.0 Å². The molecule has 3 rings (SSSR count). The lowest BCUT2D eigenvalue weighted by Gasteiger charge is -2.44. The third kappa shape index (κ3) is 2.42. The Morgan fingerprint density at radius 3 is 2.84 bits per heavy atom. The summed E-state index contributed by atoms with van der Waals surface area (Å²) >= 11 is 0. The number of piperidine rings is 2. The first kappa shape index (κ1) is 13.1. The van der Waals surface area contributed by atoms with Crippen LogP contribution in [0.5, 0.6) is 0 Å². The molecule has 106 valence electrons. The molecule has 2 aliphatic rings. The summed E-state index contributed by atoms with van der Waals surface area (Å²) in [5.41, 5.74) is 0.129. The minimum atomic E-state index is -3.41. The zero-order valence-corrected chi connectivity index (χ0v) is 11.7. The van der Waals surface area contributed by atoms with Gasteiger partial charge in [-0.1, -0.05) is 0 Å². The molecule has 0 amide bonds. The minimum absolute atomic E-state index is 0.129. The number of nitrogens with one attached hydrogen (secondary N) is 2. The highest BCUT2D eigenvalue weighted by atomic mass is 32.2. The number of aromatic amines is 1. The third-order valence-electron chi connectivity index (χ3n) is 4.28. The van der Waals surface area contributed by atoms with Gasteiger partial charge >= 0.3 is 0 Å². The highest BCUT2D eigenvalue weighted by Gasteiger charge is 2.41. The van der Waals surface area contributed by atoms with Crippen LogP contribution in [0.25, 0.3) is 0 Å². The van der Waals surface area contributed by atoms with Crippen LogP contribution >= 0.6 is 0 Å². The van der Waals surface area contributed by atoms with E-state index in [4.69, 9.17) is 0 Å². The van der Waals surface area contributed by atoms with Crippen molar-refractivity contribution in [2.75, 3.05) is 26.2 Å². The lowest BCUT2D eigenvalue weighted by Crippen LogP contribution is -2.52. The van der Waals surface area contributed by atoms with Crippen molar-refractivity contribution in [1.82, 2.24) is 19.6 Å². The van der Waals surface area contributed by atoms with Crippen molar-refractivity contribution in [1.29, 1.82) is 0 Å². The lowest BCUT2D eigenvalue weighted by atomic mass is 9.75. The van der Waals surface area contributed by atoms with Gasteiger partial charge in [0.15, 0.2) is 5.03 Å². The second-order valence-electron chi connectivity index (χ2n) is 5.64. The fraction of sp³-hybridized carbons (Fsp3) is 0.750. The predicted molar refractivity (Wildman–Crippen MR) is 71.1 cm³/mol. The third-order valence-corrected chi connectivity index (χ3v) is 6.05. The van der Waals surface area contributed by atoms with Gasteiger partial charge in [0.1, 0.15) is 0 Å². The largest absolute Gasteiger partial charge is 0.335 e. The van der Waals surface area contributed by atoms with Crippen molar-refractivity contribution in [3.8, 4) is 0 Å². The van der Waals surface area contributed by atoms with E-state index in [1.54, 1.807) is 4.31 Å². The fourth-order valence-electron chi connectivity index (χ4n) is 3.27. The molecule has 0 bridgehead atoms. The zero-order chi connectivity index (χ0) is 13.3. The molecule has 0 aromatic carbocycles. The van der Waals surface area contributed by atoms with Gasteiger partial charge in [0.05, 0.1) is 12.5 Å². The van der Waals surface area contributed by atoms with Gasteiger partial charge < -0.3 is 10.3 Å². The molecule has 2 saturated heterocycles. The number of nitrogens with zero attached hydrogens (tertiary/aromatic N) is 2. The highest BCUT2D eigenvalue weighted by molar-refractivity contribution is 7.89. The summed E-state index contributed by atoms with van der Waals surface area (Å²) in [6, 6.07) is 0. The van der Waals surface area contributed by atoms with Crippen molar-refractivity contribution in [2.24, 2.45) is 5.41 Å². The van der Waals surface area contributed by atoms with Crippen LogP contribution in [0, 0.1) is 5.41 Å². The summed E-state index contributed by atoms with van der Waals surface area (Å²) in [6.07, 6.45) is 7.11. The molecule has 0 aliphatic carbocycles. The Morgan fingerprint density at radius 2 is 2.16 bits per heavy atom. The number of rotatable bonds is 2. The van der Waals surface area contributed by atoms with Gasteiger partial charge in [0, 0.05) is 19.6 Å².